The van der Waals surface area contributed by atoms with Gasteiger partial charge in [-0.05, 0) is 31.2 Å². The third kappa shape index (κ3) is 3.86. The molecule has 7 nitrogen and oxygen atoms in total. The van der Waals surface area contributed by atoms with Crippen molar-refractivity contribution in [3.05, 3.63) is 63.8 Å². The van der Waals surface area contributed by atoms with E-state index < -0.39 is 0 Å². The van der Waals surface area contributed by atoms with Gasteiger partial charge in [0.1, 0.15) is 12.3 Å². The van der Waals surface area contributed by atoms with Gasteiger partial charge in [0.15, 0.2) is 0 Å². The number of oxime groups is 1. The lowest BCUT2D eigenvalue weighted by molar-refractivity contribution is -0.110. The molecule has 0 unspecified atom stereocenters. The molecule has 3 heterocycles. The lowest BCUT2D eigenvalue weighted by atomic mass is 10.0. The van der Waals surface area contributed by atoms with Crippen LogP contribution in [-0.2, 0) is 9.63 Å². The summed E-state index contributed by atoms with van der Waals surface area (Å²) in [4.78, 5) is 21.0. The number of allylic oxidation sites excluding steroid dienone is 1. The molecule has 0 aromatic heterocycles. The van der Waals surface area contributed by atoms with E-state index in [1.54, 1.807) is 0 Å². The Morgan fingerprint density at radius 3 is 2.87 bits per heavy atom. The average molecular weight is 482 g/mol. The fraction of sp³-hybridized carbons (Fsp3) is 0.304. The van der Waals surface area contributed by atoms with Crippen molar-refractivity contribution in [2.75, 3.05) is 43.4 Å². The Kier molecular flexibility index (Phi) is 5.52. The van der Waals surface area contributed by atoms with E-state index >= 15 is 0 Å². The molecule has 31 heavy (non-hydrogen) atoms. The maximum absolute atomic E-state index is 12.9. The second kappa shape index (κ2) is 8.45. The van der Waals surface area contributed by atoms with Crippen molar-refractivity contribution < 1.29 is 9.63 Å². The first-order valence-corrected chi connectivity index (χ1v) is 11.3. The van der Waals surface area contributed by atoms with Gasteiger partial charge in [0.05, 0.1) is 11.3 Å². The van der Waals surface area contributed by atoms with E-state index in [0.29, 0.717) is 29.6 Å². The first kappa shape index (κ1) is 20.2. The quantitative estimate of drug-likeness (QED) is 0.355. The van der Waals surface area contributed by atoms with Crippen LogP contribution in [0.3, 0.4) is 0 Å². The molecule has 1 atom stereocenters. The van der Waals surface area contributed by atoms with Crippen LogP contribution in [0.15, 0.2) is 57.8 Å². The van der Waals surface area contributed by atoms with Gasteiger partial charge < -0.3 is 20.8 Å². The van der Waals surface area contributed by atoms with Crippen molar-refractivity contribution in [1.82, 2.24) is 10.2 Å². The number of para-hydroxylation sites is 1. The third-order valence-corrected chi connectivity index (χ3v) is 6.41. The summed E-state index contributed by atoms with van der Waals surface area (Å²) in [5.74, 6) is -0.147. The average Bonchev–Trinajstić information content (AvgIpc) is 3.28. The minimum atomic E-state index is -0.147. The summed E-state index contributed by atoms with van der Waals surface area (Å²) in [6.45, 7) is 6.52. The van der Waals surface area contributed by atoms with Crippen molar-refractivity contribution in [2.24, 2.45) is 5.16 Å². The largest absolute Gasteiger partial charge is 0.394 e. The molecule has 1 fully saturated rings. The van der Waals surface area contributed by atoms with Crippen LogP contribution >= 0.6 is 15.9 Å². The summed E-state index contributed by atoms with van der Waals surface area (Å²) in [5.41, 5.74) is 5.38. The highest BCUT2D eigenvalue weighted by molar-refractivity contribution is 9.10. The zero-order chi connectivity index (χ0) is 21.4. The number of rotatable bonds is 4. The Hall–Kier alpha value is -2.68. The predicted octanol–water partition coefficient (Wildman–Crippen LogP) is 3.25. The second-order valence-corrected chi connectivity index (χ2v) is 8.84. The van der Waals surface area contributed by atoms with Gasteiger partial charge in [0.25, 0.3) is 5.91 Å². The number of piperazine rings is 1. The summed E-state index contributed by atoms with van der Waals surface area (Å²) in [6, 6.07) is 14.1. The molecule has 3 N–H and O–H groups in total. The monoisotopic (exact) mass is 481 g/mol. The molecule has 0 bridgehead atoms. The molecule has 160 valence electrons. The van der Waals surface area contributed by atoms with Crippen molar-refractivity contribution >= 4 is 44.5 Å². The predicted molar refractivity (Wildman–Crippen MR) is 126 cm³/mol. The molecule has 0 aliphatic carbocycles. The number of carbonyl (C=O) groups excluding carboxylic acids is 1. The zero-order valence-corrected chi connectivity index (χ0v) is 18.8. The van der Waals surface area contributed by atoms with Gasteiger partial charge >= 0.3 is 0 Å². The molecule has 2 aromatic rings. The smallest absolute Gasteiger partial charge is 0.258 e. The summed E-state index contributed by atoms with van der Waals surface area (Å²) >= 11 is 3.51. The lowest BCUT2D eigenvalue weighted by Gasteiger charge is -2.33. The van der Waals surface area contributed by atoms with Gasteiger partial charge in [-0.3, -0.25) is 9.69 Å². The minimum absolute atomic E-state index is 0.147. The van der Waals surface area contributed by atoms with Crippen LogP contribution < -0.4 is 16.0 Å². The van der Waals surface area contributed by atoms with Gasteiger partial charge in [0.2, 0.25) is 0 Å². The van der Waals surface area contributed by atoms with E-state index in [4.69, 9.17) is 4.84 Å². The Labute approximate surface area is 189 Å². The van der Waals surface area contributed by atoms with Gasteiger partial charge in [-0.15, -0.1) is 0 Å². The highest BCUT2D eigenvalue weighted by Crippen LogP contribution is 2.40. The highest BCUT2D eigenvalue weighted by Gasteiger charge is 2.34. The number of anilines is 2. The van der Waals surface area contributed by atoms with Crippen LogP contribution in [0.25, 0.3) is 5.57 Å². The molecule has 2 aromatic carbocycles. The van der Waals surface area contributed by atoms with Crippen molar-refractivity contribution in [3.8, 4) is 0 Å². The maximum Gasteiger partial charge on any atom is 0.258 e. The van der Waals surface area contributed by atoms with Gasteiger partial charge in [-0.2, -0.15) is 0 Å². The maximum atomic E-state index is 12.9. The lowest BCUT2D eigenvalue weighted by Crippen LogP contribution is -2.50. The third-order valence-electron chi connectivity index (χ3n) is 5.92. The standard InChI is InChI=1S/C23H24BrN5O2/c1-14-13-25-8-9-29(14)10-11-31-28-21-16-4-2-3-5-18(16)26-22(21)20-17-12-15(24)6-7-19(17)27-23(20)30/h2-7,12,14,25-26H,8-11,13H2,1H3,(H,27,30)/b22-20-,28-21+/t14-/m0/s1. The first-order chi connectivity index (χ1) is 15.1. The molecule has 1 saturated heterocycles. The van der Waals surface area contributed by atoms with E-state index in [1.807, 2.05) is 42.5 Å². The normalized spacial score (nSPS) is 24.0. The fourth-order valence-electron chi connectivity index (χ4n) is 4.27. The molecular formula is C23H24BrN5O2. The summed E-state index contributed by atoms with van der Waals surface area (Å²) in [5, 5.41) is 14.2. The number of nitrogens with zero attached hydrogens (tertiary/aromatic N) is 2. The summed E-state index contributed by atoms with van der Waals surface area (Å²) in [7, 11) is 0. The molecule has 0 spiro atoms. The molecule has 8 heteroatoms. The number of benzene rings is 2. The molecule has 0 radical (unpaired) electrons. The van der Waals surface area contributed by atoms with Crippen LogP contribution in [0.2, 0.25) is 0 Å². The van der Waals surface area contributed by atoms with E-state index in [-0.39, 0.29) is 5.91 Å². The van der Waals surface area contributed by atoms with Gasteiger partial charge in [0, 0.05) is 59.2 Å². The molecular weight excluding hydrogens is 458 g/mol. The summed E-state index contributed by atoms with van der Waals surface area (Å²) < 4.78 is 0.913. The van der Waals surface area contributed by atoms with E-state index in [0.717, 1.165) is 53.2 Å². The van der Waals surface area contributed by atoms with Crippen LogP contribution in [0.1, 0.15) is 18.1 Å². The van der Waals surface area contributed by atoms with E-state index in [9.17, 15) is 4.79 Å². The summed E-state index contributed by atoms with van der Waals surface area (Å²) in [6.07, 6.45) is 0. The number of halogens is 1. The number of amides is 1. The van der Waals surface area contributed by atoms with E-state index in [2.05, 4.69) is 48.9 Å². The first-order valence-electron chi connectivity index (χ1n) is 10.5. The number of fused-ring (bicyclic) bond motifs is 2. The second-order valence-electron chi connectivity index (χ2n) is 7.93. The molecule has 0 saturated carbocycles. The Morgan fingerprint density at radius 1 is 1.16 bits per heavy atom. The molecule has 3 aliphatic rings. The number of nitrogens with one attached hydrogen (secondary N) is 3. The van der Waals surface area contributed by atoms with Gasteiger partial charge in [-0.1, -0.05) is 39.3 Å². The van der Waals surface area contributed by atoms with Crippen molar-refractivity contribution in [3.63, 3.8) is 0 Å². The number of carbonyl (C=O) groups is 1. The topological polar surface area (TPSA) is 78.0 Å². The Morgan fingerprint density at radius 2 is 2.00 bits per heavy atom. The Bertz CT molecular complexity index is 1100. The van der Waals surface area contributed by atoms with Crippen LogP contribution in [-0.4, -0.2) is 55.3 Å². The zero-order valence-electron chi connectivity index (χ0n) is 17.2. The van der Waals surface area contributed by atoms with Crippen molar-refractivity contribution in [2.45, 2.75) is 13.0 Å². The SMILES string of the molecule is C[C@H]1CNCCN1CCO/N=C1/C(=C2/C(=O)Nc3ccc(Br)cc32)Nc2ccccc21. The number of hydrogen-bond acceptors (Lipinski definition) is 6. The molecule has 5 rings (SSSR count). The van der Waals surface area contributed by atoms with Crippen molar-refractivity contribution in [1.29, 1.82) is 0 Å². The number of hydrogen-bond donors (Lipinski definition) is 3. The molecule has 1 amide bonds. The van der Waals surface area contributed by atoms with E-state index in [1.165, 1.54) is 0 Å². The van der Waals surface area contributed by atoms with Gasteiger partial charge in [-0.25, -0.2) is 0 Å². The fourth-order valence-corrected chi connectivity index (χ4v) is 4.64. The van der Waals surface area contributed by atoms with Crippen LogP contribution in [0, 0.1) is 0 Å². The van der Waals surface area contributed by atoms with Crippen LogP contribution in [0.4, 0.5) is 11.4 Å². The minimum Gasteiger partial charge on any atom is -0.394 e. The Balaban J connectivity index is 1.45. The highest BCUT2D eigenvalue weighted by atomic mass is 79.9. The molecule has 3 aliphatic heterocycles. The van der Waals surface area contributed by atoms with Crippen LogP contribution in [0.5, 0.6) is 0 Å².